The standard InChI is InChI=1S/C35H39F3N6O2S2/c1-42-21-29(28-7-8-32(45)41-33(28)46)27-6-5-24(18-30(27)42)23-9-13-43(14-10-23)20-22-3-2-4-26(17-22)48-44-15-11-25(12-16-44)40-34-39-19-31(47-34)35(36,37)38/h2-6,17-19,21,23,25,28H,7-16,20H2,1H3,(H,39,40)(H,41,45,46). The lowest BCUT2D eigenvalue weighted by Gasteiger charge is -2.33. The summed E-state index contributed by atoms with van der Waals surface area (Å²) in [5, 5.41) is 7.11. The minimum absolute atomic E-state index is 0.119. The Hall–Kier alpha value is -3.39. The third-order valence-corrected chi connectivity index (χ3v) is 11.9. The number of thiazole rings is 1. The Kier molecular flexibility index (Phi) is 9.56. The topological polar surface area (TPSA) is 82.5 Å². The fourth-order valence-corrected chi connectivity index (χ4v) is 9.02. The molecular weight excluding hydrogens is 658 g/mol. The number of hydrogen-bond acceptors (Lipinski definition) is 8. The molecule has 2 N–H and O–H groups in total. The quantitative estimate of drug-likeness (QED) is 0.150. The molecule has 254 valence electrons. The molecule has 3 aliphatic rings. The van der Waals surface area contributed by atoms with Crippen molar-refractivity contribution in [2.24, 2.45) is 7.05 Å². The number of rotatable bonds is 8. The normalized spacial score (nSPS) is 20.8. The van der Waals surface area contributed by atoms with E-state index >= 15 is 0 Å². The van der Waals surface area contributed by atoms with E-state index in [0.717, 1.165) is 81.1 Å². The third-order valence-electron chi connectivity index (χ3n) is 9.82. The number of amides is 2. The molecule has 0 aliphatic carbocycles. The molecule has 5 heterocycles. The molecule has 48 heavy (non-hydrogen) atoms. The van der Waals surface area contributed by atoms with Crippen LogP contribution in [0.4, 0.5) is 18.3 Å². The van der Waals surface area contributed by atoms with Gasteiger partial charge in [0.1, 0.15) is 4.88 Å². The predicted octanol–water partition coefficient (Wildman–Crippen LogP) is 7.14. The van der Waals surface area contributed by atoms with E-state index in [1.807, 2.05) is 13.2 Å². The summed E-state index contributed by atoms with van der Waals surface area (Å²) in [4.78, 5) is 31.2. The second kappa shape index (κ2) is 13.9. The largest absolute Gasteiger partial charge is 0.427 e. The van der Waals surface area contributed by atoms with E-state index in [0.29, 0.717) is 35.2 Å². The van der Waals surface area contributed by atoms with Crippen molar-refractivity contribution in [1.29, 1.82) is 0 Å². The summed E-state index contributed by atoms with van der Waals surface area (Å²) in [7, 11) is 2.03. The number of likely N-dealkylation sites (tertiary alicyclic amines) is 1. The van der Waals surface area contributed by atoms with Gasteiger partial charge in [0.15, 0.2) is 5.13 Å². The van der Waals surface area contributed by atoms with Gasteiger partial charge in [-0.15, -0.1) is 0 Å². The van der Waals surface area contributed by atoms with Crippen LogP contribution in [0.25, 0.3) is 10.9 Å². The number of halogens is 3. The van der Waals surface area contributed by atoms with Gasteiger partial charge in [-0.05, 0) is 97.9 Å². The van der Waals surface area contributed by atoms with Crippen LogP contribution in [0.2, 0.25) is 0 Å². The summed E-state index contributed by atoms with van der Waals surface area (Å²) >= 11 is 2.42. The maximum absolute atomic E-state index is 12.9. The van der Waals surface area contributed by atoms with Crippen molar-refractivity contribution in [2.75, 3.05) is 31.5 Å². The lowest BCUT2D eigenvalue weighted by Crippen LogP contribution is -2.39. The number of aryl methyl sites for hydroxylation is 1. The number of benzene rings is 2. The number of fused-ring (bicyclic) bond motifs is 1. The fourth-order valence-electron chi connectivity index (χ4n) is 7.22. The number of alkyl halides is 3. The summed E-state index contributed by atoms with van der Waals surface area (Å²) in [5.41, 5.74) is 4.76. The maximum Gasteiger partial charge on any atom is 0.427 e. The highest BCUT2D eigenvalue weighted by Gasteiger charge is 2.34. The number of imide groups is 1. The average Bonchev–Trinajstić information content (AvgIpc) is 3.67. The van der Waals surface area contributed by atoms with Crippen molar-refractivity contribution in [3.63, 3.8) is 0 Å². The molecule has 4 aromatic rings. The monoisotopic (exact) mass is 696 g/mol. The van der Waals surface area contributed by atoms with Crippen LogP contribution in [-0.2, 0) is 29.4 Å². The van der Waals surface area contributed by atoms with Crippen LogP contribution in [-0.4, -0.2) is 62.8 Å². The number of carbonyl (C=O) groups excluding carboxylic acids is 2. The summed E-state index contributed by atoms with van der Waals surface area (Å²) in [6, 6.07) is 15.5. The van der Waals surface area contributed by atoms with Crippen LogP contribution < -0.4 is 10.6 Å². The van der Waals surface area contributed by atoms with Crippen molar-refractivity contribution in [3.8, 4) is 0 Å². The van der Waals surface area contributed by atoms with Gasteiger partial charge in [0.2, 0.25) is 11.8 Å². The second-order valence-electron chi connectivity index (χ2n) is 13.1. The van der Waals surface area contributed by atoms with E-state index in [9.17, 15) is 22.8 Å². The smallest absolute Gasteiger partial charge is 0.359 e. The lowest BCUT2D eigenvalue weighted by atomic mass is 9.87. The average molecular weight is 697 g/mol. The number of aromatic nitrogens is 2. The van der Waals surface area contributed by atoms with Gasteiger partial charge in [-0.25, -0.2) is 9.29 Å². The van der Waals surface area contributed by atoms with Crippen molar-refractivity contribution in [2.45, 2.75) is 74.0 Å². The van der Waals surface area contributed by atoms with Crippen LogP contribution in [0.1, 0.15) is 71.9 Å². The van der Waals surface area contributed by atoms with E-state index in [1.165, 1.54) is 16.0 Å². The molecule has 2 amide bonds. The van der Waals surface area contributed by atoms with Gasteiger partial charge in [0.05, 0.1) is 12.1 Å². The van der Waals surface area contributed by atoms with Gasteiger partial charge in [0.25, 0.3) is 0 Å². The Morgan fingerprint density at radius 3 is 2.54 bits per heavy atom. The van der Waals surface area contributed by atoms with E-state index in [1.54, 1.807) is 11.9 Å². The van der Waals surface area contributed by atoms with Gasteiger partial charge in [0, 0.05) is 61.1 Å². The first-order valence-corrected chi connectivity index (χ1v) is 18.1. The van der Waals surface area contributed by atoms with Gasteiger partial charge < -0.3 is 9.88 Å². The zero-order valence-corrected chi connectivity index (χ0v) is 28.4. The number of anilines is 1. The molecule has 2 aromatic heterocycles. The van der Waals surface area contributed by atoms with Gasteiger partial charge >= 0.3 is 6.18 Å². The molecule has 7 rings (SSSR count). The molecule has 0 spiro atoms. The van der Waals surface area contributed by atoms with Crippen molar-refractivity contribution in [1.82, 2.24) is 24.1 Å². The van der Waals surface area contributed by atoms with Crippen LogP contribution in [0.15, 0.2) is 59.8 Å². The minimum atomic E-state index is -4.35. The Morgan fingerprint density at radius 2 is 1.81 bits per heavy atom. The number of piperidine rings is 3. The SMILES string of the molecule is Cn1cc(C2CCC(=O)NC2=O)c2ccc(C3CCN(Cc4cccc(SN5CCC(Nc6ncc(C(F)(F)F)s6)CC5)c4)CC3)cc21. The van der Waals surface area contributed by atoms with Crippen LogP contribution >= 0.6 is 23.3 Å². The van der Waals surface area contributed by atoms with Crippen LogP contribution in [0.5, 0.6) is 0 Å². The van der Waals surface area contributed by atoms with Crippen LogP contribution in [0.3, 0.4) is 0 Å². The molecule has 0 bridgehead atoms. The van der Waals surface area contributed by atoms with E-state index in [4.69, 9.17) is 0 Å². The van der Waals surface area contributed by atoms with Crippen LogP contribution in [0, 0.1) is 0 Å². The summed E-state index contributed by atoms with van der Waals surface area (Å²) < 4.78 is 43.2. The highest BCUT2D eigenvalue weighted by Crippen LogP contribution is 2.38. The highest BCUT2D eigenvalue weighted by molar-refractivity contribution is 7.97. The molecule has 1 atom stereocenters. The first-order chi connectivity index (χ1) is 23.1. The summed E-state index contributed by atoms with van der Waals surface area (Å²) in [5.74, 6) is -0.191. The molecule has 0 saturated carbocycles. The first kappa shape index (κ1) is 33.1. The third kappa shape index (κ3) is 7.44. The van der Waals surface area contributed by atoms with E-state index < -0.39 is 11.1 Å². The molecule has 2 aromatic carbocycles. The number of carbonyl (C=O) groups is 2. The molecule has 3 aliphatic heterocycles. The number of nitrogens with zero attached hydrogens (tertiary/aromatic N) is 4. The zero-order valence-electron chi connectivity index (χ0n) is 26.8. The van der Waals surface area contributed by atoms with Gasteiger partial charge in [-0.3, -0.25) is 19.8 Å². The van der Waals surface area contributed by atoms with E-state index in [2.05, 4.69) is 71.9 Å². The van der Waals surface area contributed by atoms with Crippen molar-refractivity contribution < 1.29 is 22.8 Å². The number of hydrogen-bond donors (Lipinski definition) is 2. The first-order valence-electron chi connectivity index (χ1n) is 16.6. The molecule has 0 radical (unpaired) electrons. The summed E-state index contributed by atoms with van der Waals surface area (Å²) in [6.45, 7) is 4.67. The lowest BCUT2D eigenvalue weighted by molar-refractivity contribution is -0.135. The van der Waals surface area contributed by atoms with E-state index in [-0.39, 0.29) is 23.8 Å². The second-order valence-corrected chi connectivity index (χ2v) is 15.3. The molecule has 3 saturated heterocycles. The van der Waals surface area contributed by atoms with Gasteiger partial charge in [-0.1, -0.05) is 35.6 Å². The summed E-state index contributed by atoms with van der Waals surface area (Å²) in [6.07, 6.45) is 3.40. The Bertz CT molecular complexity index is 1790. The Balaban J connectivity index is 0.895. The molecule has 8 nitrogen and oxygen atoms in total. The fraction of sp³-hybridized carbons (Fsp3) is 0.457. The molecular formula is C35H39F3N6O2S2. The minimum Gasteiger partial charge on any atom is -0.359 e. The molecule has 1 unspecified atom stereocenters. The zero-order chi connectivity index (χ0) is 33.4. The number of nitrogens with one attached hydrogen (secondary N) is 2. The molecule has 3 fully saturated rings. The van der Waals surface area contributed by atoms with Gasteiger partial charge in [-0.2, -0.15) is 13.2 Å². The Morgan fingerprint density at radius 1 is 1.02 bits per heavy atom. The predicted molar refractivity (Wildman–Crippen MR) is 183 cm³/mol. The van der Waals surface area contributed by atoms with Crippen molar-refractivity contribution in [3.05, 3.63) is 76.4 Å². The maximum atomic E-state index is 12.9. The highest BCUT2D eigenvalue weighted by atomic mass is 32.2. The Labute approximate surface area is 286 Å². The van der Waals surface area contributed by atoms with Crippen molar-refractivity contribution >= 4 is 51.1 Å². The molecule has 13 heteroatoms.